The number of amides is 2. The monoisotopic (exact) mass is 425 g/mol. The van der Waals surface area contributed by atoms with Crippen LogP contribution in [0.25, 0.3) is 0 Å². The number of ether oxygens (including phenoxy) is 1. The van der Waals surface area contributed by atoms with Crippen LogP contribution >= 0.6 is 0 Å². The molecule has 1 aliphatic heterocycles. The standard InChI is InChI=1S/C20H31N3O5S/c1-6-18(19(24)21-10-12-22(13-11-21)20(25)28-7-2)23(29(5,26)27)17-9-8-15(3)16(4)14-17/h8-9,14,18H,6-7,10-13H2,1-5H3/t18-/m1/s1. The number of anilines is 1. The summed E-state index contributed by atoms with van der Waals surface area (Å²) in [6, 6.07) is 4.56. The van der Waals surface area contributed by atoms with Crippen LogP contribution in [0.5, 0.6) is 0 Å². The maximum Gasteiger partial charge on any atom is 0.409 e. The van der Waals surface area contributed by atoms with Gasteiger partial charge in [-0.1, -0.05) is 13.0 Å². The van der Waals surface area contributed by atoms with Crippen molar-refractivity contribution in [2.45, 2.75) is 40.2 Å². The fourth-order valence-corrected chi connectivity index (χ4v) is 4.64. The molecular weight excluding hydrogens is 394 g/mol. The zero-order chi connectivity index (χ0) is 21.8. The molecule has 1 fully saturated rings. The Morgan fingerprint density at radius 1 is 1.07 bits per heavy atom. The van der Waals surface area contributed by atoms with Crippen molar-refractivity contribution in [1.29, 1.82) is 0 Å². The number of piperazine rings is 1. The quantitative estimate of drug-likeness (QED) is 0.697. The first kappa shape index (κ1) is 23.0. The summed E-state index contributed by atoms with van der Waals surface area (Å²) < 4.78 is 31.5. The fraction of sp³-hybridized carbons (Fsp3) is 0.600. The topological polar surface area (TPSA) is 87.2 Å². The first-order chi connectivity index (χ1) is 13.6. The van der Waals surface area contributed by atoms with E-state index in [4.69, 9.17) is 4.74 Å². The molecule has 0 unspecified atom stereocenters. The summed E-state index contributed by atoms with van der Waals surface area (Å²) in [5, 5.41) is 0. The lowest BCUT2D eigenvalue weighted by Crippen LogP contribution is -2.56. The Hall–Kier alpha value is -2.29. The fourth-order valence-electron chi connectivity index (χ4n) is 3.44. The molecule has 0 spiro atoms. The van der Waals surface area contributed by atoms with Crippen molar-refractivity contribution in [2.75, 3.05) is 43.3 Å². The summed E-state index contributed by atoms with van der Waals surface area (Å²) in [7, 11) is -3.67. The van der Waals surface area contributed by atoms with Crippen LogP contribution in [0.15, 0.2) is 18.2 Å². The molecule has 0 aromatic heterocycles. The van der Waals surface area contributed by atoms with E-state index in [0.717, 1.165) is 17.4 Å². The van der Waals surface area contributed by atoms with Crippen LogP contribution in [0.2, 0.25) is 0 Å². The zero-order valence-electron chi connectivity index (χ0n) is 17.8. The third-order valence-corrected chi connectivity index (χ3v) is 6.35. The van der Waals surface area contributed by atoms with Crippen molar-refractivity contribution in [1.82, 2.24) is 9.80 Å². The second-order valence-electron chi connectivity index (χ2n) is 7.26. The number of benzene rings is 1. The van der Waals surface area contributed by atoms with E-state index in [0.29, 0.717) is 44.9 Å². The molecule has 1 aliphatic rings. The summed E-state index contributed by atoms with van der Waals surface area (Å²) in [6.45, 7) is 9.14. The molecule has 0 bridgehead atoms. The van der Waals surface area contributed by atoms with E-state index in [2.05, 4.69) is 0 Å². The molecule has 0 N–H and O–H groups in total. The molecular formula is C20H31N3O5S. The smallest absolute Gasteiger partial charge is 0.409 e. The molecule has 1 aromatic carbocycles. The highest BCUT2D eigenvalue weighted by atomic mass is 32.2. The normalized spacial score (nSPS) is 15.8. The average molecular weight is 426 g/mol. The molecule has 1 heterocycles. The second-order valence-corrected chi connectivity index (χ2v) is 9.12. The van der Waals surface area contributed by atoms with Crippen LogP contribution in [0.4, 0.5) is 10.5 Å². The van der Waals surface area contributed by atoms with Crippen molar-refractivity contribution in [3.8, 4) is 0 Å². The summed E-state index contributed by atoms with van der Waals surface area (Å²) in [4.78, 5) is 28.3. The summed E-state index contributed by atoms with van der Waals surface area (Å²) in [6.07, 6.45) is 1.08. The largest absolute Gasteiger partial charge is 0.450 e. The molecule has 2 rings (SSSR count). The Balaban J connectivity index is 2.23. The number of carbonyl (C=O) groups is 2. The minimum atomic E-state index is -3.67. The number of rotatable bonds is 6. The molecule has 0 radical (unpaired) electrons. The van der Waals surface area contributed by atoms with Gasteiger partial charge in [-0.05, 0) is 50.5 Å². The van der Waals surface area contributed by atoms with E-state index in [1.807, 2.05) is 19.9 Å². The lowest BCUT2D eigenvalue weighted by atomic mass is 10.1. The third kappa shape index (κ3) is 5.41. The van der Waals surface area contributed by atoms with E-state index in [1.165, 1.54) is 4.31 Å². The van der Waals surface area contributed by atoms with Gasteiger partial charge in [-0.2, -0.15) is 0 Å². The second kappa shape index (κ2) is 9.47. The molecule has 2 amide bonds. The van der Waals surface area contributed by atoms with Crippen molar-refractivity contribution < 1.29 is 22.7 Å². The SMILES string of the molecule is CCOC(=O)N1CCN(C(=O)[C@@H](CC)N(c2ccc(C)c(C)c2)S(C)(=O)=O)CC1. The van der Waals surface area contributed by atoms with Crippen molar-refractivity contribution >= 4 is 27.7 Å². The molecule has 0 aliphatic carbocycles. The highest BCUT2D eigenvalue weighted by Gasteiger charge is 2.36. The van der Waals surface area contributed by atoms with Gasteiger partial charge in [0.25, 0.3) is 0 Å². The summed E-state index contributed by atoms with van der Waals surface area (Å²) in [5.74, 6) is -0.250. The van der Waals surface area contributed by atoms with E-state index in [-0.39, 0.29) is 12.0 Å². The molecule has 1 atom stereocenters. The van der Waals surface area contributed by atoms with E-state index in [9.17, 15) is 18.0 Å². The Morgan fingerprint density at radius 3 is 2.14 bits per heavy atom. The van der Waals surface area contributed by atoms with Gasteiger partial charge >= 0.3 is 6.09 Å². The molecule has 9 heteroatoms. The number of aryl methyl sites for hydroxylation is 2. The maximum atomic E-state index is 13.2. The van der Waals surface area contributed by atoms with Gasteiger partial charge in [0.1, 0.15) is 6.04 Å². The number of sulfonamides is 1. The summed E-state index contributed by atoms with van der Waals surface area (Å²) >= 11 is 0. The minimum Gasteiger partial charge on any atom is -0.450 e. The first-order valence-electron chi connectivity index (χ1n) is 9.87. The number of nitrogens with zero attached hydrogens (tertiary/aromatic N) is 3. The van der Waals surface area contributed by atoms with Crippen molar-refractivity contribution in [3.05, 3.63) is 29.3 Å². The molecule has 29 heavy (non-hydrogen) atoms. The van der Waals surface area contributed by atoms with Gasteiger partial charge in [-0.15, -0.1) is 0 Å². The Kier molecular flexibility index (Phi) is 7.51. The maximum absolute atomic E-state index is 13.2. The molecule has 8 nitrogen and oxygen atoms in total. The average Bonchev–Trinajstić information content (AvgIpc) is 2.67. The highest BCUT2D eigenvalue weighted by molar-refractivity contribution is 7.92. The van der Waals surface area contributed by atoms with Gasteiger partial charge < -0.3 is 14.5 Å². The van der Waals surface area contributed by atoms with E-state index >= 15 is 0 Å². The van der Waals surface area contributed by atoms with Crippen LogP contribution in [0, 0.1) is 13.8 Å². The first-order valence-corrected chi connectivity index (χ1v) is 11.7. The van der Waals surface area contributed by atoms with Crippen LogP contribution < -0.4 is 4.31 Å². The zero-order valence-corrected chi connectivity index (χ0v) is 18.7. The highest BCUT2D eigenvalue weighted by Crippen LogP contribution is 2.26. The van der Waals surface area contributed by atoms with E-state index in [1.54, 1.807) is 35.8 Å². The predicted octanol–water partition coefficient (Wildman–Crippen LogP) is 2.15. The van der Waals surface area contributed by atoms with Gasteiger partial charge in [0, 0.05) is 26.2 Å². The minimum absolute atomic E-state index is 0.250. The van der Waals surface area contributed by atoms with Crippen molar-refractivity contribution in [3.63, 3.8) is 0 Å². The predicted molar refractivity (Wildman–Crippen MR) is 112 cm³/mol. The Bertz CT molecular complexity index is 848. The van der Waals surface area contributed by atoms with Gasteiger partial charge in [-0.25, -0.2) is 13.2 Å². The number of hydrogen-bond acceptors (Lipinski definition) is 5. The van der Waals surface area contributed by atoms with Gasteiger partial charge in [-0.3, -0.25) is 9.10 Å². The van der Waals surface area contributed by atoms with Gasteiger partial charge in [0.05, 0.1) is 18.6 Å². The Labute approximate surface area is 173 Å². The van der Waals surface area contributed by atoms with Gasteiger partial charge in [0.15, 0.2) is 0 Å². The molecule has 0 saturated carbocycles. The van der Waals surface area contributed by atoms with Crippen LogP contribution in [-0.2, 0) is 19.6 Å². The van der Waals surface area contributed by atoms with Crippen LogP contribution in [0.1, 0.15) is 31.4 Å². The lowest BCUT2D eigenvalue weighted by molar-refractivity contribution is -0.134. The molecule has 162 valence electrons. The van der Waals surface area contributed by atoms with Gasteiger partial charge in [0.2, 0.25) is 15.9 Å². The van der Waals surface area contributed by atoms with Crippen LogP contribution in [0.3, 0.4) is 0 Å². The number of hydrogen-bond donors (Lipinski definition) is 0. The Morgan fingerprint density at radius 2 is 1.66 bits per heavy atom. The molecule has 1 saturated heterocycles. The van der Waals surface area contributed by atoms with Crippen LogP contribution in [-0.4, -0.2) is 75.3 Å². The summed E-state index contributed by atoms with van der Waals surface area (Å²) in [5.41, 5.74) is 2.50. The number of carbonyl (C=O) groups excluding carboxylic acids is 2. The third-order valence-electron chi connectivity index (χ3n) is 5.17. The lowest BCUT2D eigenvalue weighted by Gasteiger charge is -2.38. The van der Waals surface area contributed by atoms with Crippen molar-refractivity contribution in [2.24, 2.45) is 0 Å². The van der Waals surface area contributed by atoms with E-state index < -0.39 is 16.1 Å². The molecule has 1 aromatic rings.